The molecule has 1 heterocycles. The topological polar surface area (TPSA) is 75.7 Å². The van der Waals surface area contributed by atoms with E-state index < -0.39 is 10.0 Å². The van der Waals surface area contributed by atoms with Crippen molar-refractivity contribution in [2.24, 2.45) is 0 Å². The highest BCUT2D eigenvalue weighted by Gasteiger charge is 2.27. The van der Waals surface area contributed by atoms with E-state index in [1.165, 1.54) is 10.4 Å². The Bertz CT molecular complexity index is 1040. The number of carbonyl (C=O) groups excluding carboxylic acids is 1. The Morgan fingerprint density at radius 2 is 1.77 bits per heavy atom. The highest BCUT2D eigenvalue weighted by molar-refractivity contribution is 7.89. The smallest absolute Gasteiger partial charge is 0.252 e. The molecule has 0 unspecified atom stereocenters. The van der Waals surface area contributed by atoms with E-state index in [1.807, 2.05) is 39.0 Å². The number of amides is 1. The lowest BCUT2D eigenvalue weighted by Crippen LogP contribution is -2.36. The van der Waals surface area contributed by atoms with Crippen LogP contribution in [0.3, 0.4) is 0 Å². The molecule has 0 aromatic heterocycles. The number of nitrogens with one attached hydrogen (secondary N) is 1. The number of benzene rings is 2. The molecule has 0 radical (unpaired) electrons. The Labute approximate surface area is 185 Å². The largest absolute Gasteiger partial charge is 0.496 e. The molecule has 7 heteroatoms. The molecule has 2 aromatic rings. The van der Waals surface area contributed by atoms with Crippen molar-refractivity contribution in [3.8, 4) is 5.75 Å². The first-order valence-electron chi connectivity index (χ1n) is 10.8. The Morgan fingerprint density at radius 1 is 1.06 bits per heavy atom. The van der Waals surface area contributed by atoms with Gasteiger partial charge in [0.25, 0.3) is 5.91 Å². The minimum Gasteiger partial charge on any atom is -0.496 e. The van der Waals surface area contributed by atoms with Crippen LogP contribution < -0.4 is 10.1 Å². The van der Waals surface area contributed by atoms with Crippen LogP contribution in [0.25, 0.3) is 0 Å². The molecular weight excluding hydrogens is 412 g/mol. The number of hydrogen-bond acceptors (Lipinski definition) is 4. The van der Waals surface area contributed by atoms with Crippen molar-refractivity contribution in [3.63, 3.8) is 0 Å². The molecule has 1 aliphatic rings. The van der Waals surface area contributed by atoms with Crippen LogP contribution in [-0.2, 0) is 10.0 Å². The number of rotatable bonds is 7. The van der Waals surface area contributed by atoms with Gasteiger partial charge in [-0.25, -0.2) is 8.42 Å². The summed E-state index contributed by atoms with van der Waals surface area (Å²) in [5, 5.41) is 3.07. The molecule has 1 N–H and O–H groups in total. The third-order valence-corrected chi connectivity index (χ3v) is 7.84. The first-order chi connectivity index (χ1) is 14.8. The van der Waals surface area contributed by atoms with Crippen molar-refractivity contribution >= 4 is 15.9 Å². The van der Waals surface area contributed by atoms with Gasteiger partial charge in [0, 0.05) is 18.7 Å². The number of nitrogens with zero attached hydrogens (tertiary/aromatic N) is 1. The summed E-state index contributed by atoms with van der Waals surface area (Å²) >= 11 is 0. The van der Waals surface area contributed by atoms with Gasteiger partial charge in [0.1, 0.15) is 5.75 Å². The van der Waals surface area contributed by atoms with Gasteiger partial charge in [-0.2, -0.15) is 4.31 Å². The number of carbonyl (C=O) groups is 1. The molecule has 0 saturated carbocycles. The summed E-state index contributed by atoms with van der Waals surface area (Å²) in [4.78, 5) is 13.3. The van der Waals surface area contributed by atoms with Gasteiger partial charge in [-0.05, 0) is 68.0 Å². The Balaban J connectivity index is 1.85. The monoisotopic (exact) mass is 444 g/mol. The summed E-state index contributed by atoms with van der Waals surface area (Å²) in [6.45, 7) is 6.87. The van der Waals surface area contributed by atoms with Gasteiger partial charge < -0.3 is 10.1 Å². The van der Waals surface area contributed by atoms with Crippen molar-refractivity contribution in [2.45, 2.75) is 57.4 Å². The van der Waals surface area contributed by atoms with Crippen LogP contribution in [0.4, 0.5) is 0 Å². The van der Waals surface area contributed by atoms with Gasteiger partial charge in [-0.1, -0.05) is 31.5 Å². The van der Waals surface area contributed by atoms with Crippen LogP contribution in [0.2, 0.25) is 0 Å². The summed E-state index contributed by atoms with van der Waals surface area (Å²) in [5.41, 5.74) is 3.13. The summed E-state index contributed by atoms with van der Waals surface area (Å²) < 4.78 is 33.0. The molecule has 2 aromatic carbocycles. The molecule has 0 spiro atoms. The first kappa shape index (κ1) is 23.3. The lowest BCUT2D eigenvalue weighted by molar-refractivity contribution is 0.0934. The molecule has 168 valence electrons. The van der Waals surface area contributed by atoms with Crippen molar-refractivity contribution in [1.82, 2.24) is 9.62 Å². The van der Waals surface area contributed by atoms with Crippen LogP contribution in [0.15, 0.2) is 41.3 Å². The van der Waals surface area contributed by atoms with E-state index in [4.69, 9.17) is 4.74 Å². The molecule has 1 fully saturated rings. The van der Waals surface area contributed by atoms with E-state index in [-0.39, 0.29) is 16.8 Å². The van der Waals surface area contributed by atoms with Gasteiger partial charge >= 0.3 is 0 Å². The number of sulfonamides is 1. The molecule has 0 aliphatic carbocycles. The predicted molar refractivity (Wildman–Crippen MR) is 122 cm³/mol. The van der Waals surface area contributed by atoms with Crippen molar-refractivity contribution in [3.05, 3.63) is 58.7 Å². The molecule has 6 nitrogen and oxygen atoms in total. The third-order valence-electron chi connectivity index (χ3n) is 5.94. The van der Waals surface area contributed by atoms with E-state index in [0.717, 1.165) is 41.7 Å². The number of ether oxygens (including phenoxy) is 1. The minimum atomic E-state index is -3.59. The number of piperidine rings is 1. The fraction of sp³-hybridized carbons (Fsp3) is 0.458. The number of methoxy groups -OCH3 is 1. The summed E-state index contributed by atoms with van der Waals surface area (Å²) in [6, 6.07) is 10.5. The Hall–Kier alpha value is -2.38. The van der Waals surface area contributed by atoms with Crippen LogP contribution in [0, 0.1) is 13.8 Å². The molecular formula is C24H32N2O4S. The standard InChI is InChI=1S/C24H32N2O4S/c1-5-22(19-10-12-23(30-4)18(3)15-19)25-24(27)21-16-20(11-9-17(21)2)31(28,29)26-13-7-6-8-14-26/h9-12,15-16,22H,5-8,13-14H2,1-4H3,(H,25,27)/t22-/m0/s1. The van der Waals surface area contributed by atoms with Gasteiger partial charge in [0.05, 0.1) is 18.0 Å². The lowest BCUT2D eigenvalue weighted by Gasteiger charge is -2.26. The van der Waals surface area contributed by atoms with Crippen LogP contribution in [0.1, 0.15) is 65.7 Å². The second-order valence-electron chi connectivity index (χ2n) is 8.10. The fourth-order valence-electron chi connectivity index (χ4n) is 4.04. The predicted octanol–water partition coefficient (Wildman–Crippen LogP) is 4.37. The molecule has 0 bridgehead atoms. The second kappa shape index (κ2) is 9.83. The fourth-order valence-corrected chi connectivity index (χ4v) is 5.58. The maximum absolute atomic E-state index is 13.1. The zero-order valence-corrected chi connectivity index (χ0v) is 19.6. The van der Waals surface area contributed by atoms with Gasteiger partial charge in [0.2, 0.25) is 10.0 Å². The molecule has 1 saturated heterocycles. The molecule has 3 rings (SSSR count). The van der Waals surface area contributed by atoms with E-state index in [9.17, 15) is 13.2 Å². The van der Waals surface area contributed by atoms with Crippen LogP contribution in [-0.4, -0.2) is 38.8 Å². The lowest BCUT2D eigenvalue weighted by atomic mass is 10.0. The maximum atomic E-state index is 13.1. The maximum Gasteiger partial charge on any atom is 0.252 e. The molecule has 1 amide bonds. The molecule has 1 atom stereocenters. The van der Waals surface area contributed by atoms with E-state index in [0.29, 0.717) is 25.1 Å². The minimum absolute atomic E-state index is 0.179. The average Bonchev–Trinajstić information content (AvgIpc) is 2.78. The normalized spacial score (nSPS) is 16.0. The summed E-state index contributed by atoms with van der Waals surface area (Å²) in [7, 11) is -1.96. The van der Waals surface area contributed by atoms with E-state index in [2.05, 4.69) is 5.32 Å². The van der Waals surface area contributed by atoms with Crippen LogP contribution >= 0.6 is 0 Å². The van der Waals surface area contributed by atoms with E-state index >= 15 is 0 Å². The third kappa shape index (κ3) is 5.10. The molecule has 31 heavy (non-hydrogen) atoms. The number of hydrogen-bond donors (Lipinski definition) is 1. The average molecular weight is 445 g/mol. The second-order valence-corrected chi connectivity index (χ2v) is 10.0. The van der Waals surface area contributed by atoms with Crippen molar-refractivity contribution < 1.29 is 17.9 Å². The molecule has 1 aliphatic heterocycles. The highest BCUT2D eigenvalue weighted by atomic mass is 32.2. The van der Waals surface area contributed by atoms with Gasteiger partial charge in [0.15, 0.2) is 0 Å². The highest BCUT2D eigenvalue weighted by Crippen LogP contribution is 2.26. The number of aryl methyl sites for hydroxylation is 2. The SMILES string of the molecule is CC[C@H](NC(=O)c1cc(S(=O)(=O)N2CCCCC2)ccc1C)c1ccc(OC)c(C)c1. The summed E-state index contributed by atoms with van der Waals surface area (Å²) in [6.07, 6.45) is 3.51. The quantitative estimate of drug-likeness (QED) is 0.688. The zero-order chi connectivity index (χ0) is 22.6. The van der Waals surface area contributed by atoms with E-state index in [1.54, 1.807) is 19.2 Å². The zero-order valence-electron chi connectivity index (χ0n) is 18.8. The Kier molecular flexibility index (Phi) is 7.38. The van der Waals surface area contributed by atoms with Crippen LogP contribution in [0.5, 0.6) is 5.75 Å². The Morgan fingerprint density at radius 3 is 2.39 bits per heavy atom. The van der Waals surface area contributed by atoms with Gasteiger partial charge in [-0.3, -0.25) is 4.79 Å². The van der Waals surface area contributed by atoms with Crippen molar-refractivity contribution in [1.29, 1.82) is 0 Å². The first-order valence-corrected chi connectivity index (χ1v) is 12.3. The van der Waals surface area contributed by atoms with Gasteiger partial charge in [-0.15, -0.1) is 0 Å². The van der Waals surface area contributed by atoms with Crippen molar-refractivity contribution in [2.75, 3.05) is 20.2 Å². The summed E-state index contributed by atoms with van der Waals surface area (Å²) in [5.74, 6) is 0.532.